The molecule has 0 unspecified atom stereocenters. The Morgan fingerprint density at radius 1 is 1.21 bits per heavy atom. The molecule has 0 radical (unpaired) electrons. The highest BCUT2D eigenvalue weighted by molar-refractivity contribution is 7.14. The Morgan fingerprint density at radius 3 is 2.92 bits per heavy atom. The number of fused-ring (bicyclic) bond motifs is 1. The van der Waals surface area contributed by atoms with E-state index >= 15 is 0 Å². The fourth-order valence-corrected chi connectivity index (χ4v) is 3.34. The molecule has 0 aliphatic rings. The molecule has 0 saturated heterocycles. The predicted octanol–water partition coefficient (Wildman–Crippen LogP) is 4.58. The molecule has 4 aromatic rings. The van der Waals surface area contributed by atoms with Crippen LogP contribution in [0.4, 0.5) is 22.3 Å². The van der Waals surface area contributed by atoms with E-state index in [1.165, 1.54) is 6.33 Å². The molecule has 120 valence electrons. The third kappa shape index (κ3) is 2.68. The Balaban J connectivity index is 1.80. The van der Waals surface area contributed by atoms with E-state index in [-0.39, 0.29) is 0 Å². The Morgan fingerprint density at radius 2 is 2.12 bits per heavy atom. The van der Waals surface area contributed by atoms with Crippen molar-refractivity contribution in [1.82, 2.24) is 20.2 Å². The van der Waals surface area contributed by atoms with Gasteiger partial charge in [0.1, 0.15) is 17.5 Å². The van der Waals surface area contributed by atoms with Gasteiger partial charge in [-0.15, -0.1) is 11.3 Å². The number of hydrogen-bond donors (Lipinski definition) is 2. The number of aromatic amines is 1. The largest absolute Gasteiger partial charge is 0.339 e. The number of nitrogens with zero attached hydrogens (tertiary/aromatic N) is 4. The molecule has 0 aliphatic heterocycles. The van der Waals surface area contributed by atoms with Crippen LogP contribution in [0.1, 0.15) is 0 Å². The SMILES string of the molecule is CN(c1cccs1)c1n[nH]c2ncnc(Nc3cccc(Cl)c3)c12. The predicted molar refractivity (Wildman–Crippen MR) is 98.8 cm³/mol. The highest BCUT2D eigenvalue weighted by Gasteiger charge is 2.18. The number of benzene rings is 1. The third-order valence-corrected chi connectivity index (χ3v) is 4.76. The maximum atomic E-state index is 6.06. The topological polar surface area (TPSA) is 69.7 Å². The highest BCUT2D eigenvalue weighted by Crippen LogP contribution is 2.35. The molecule has 24 heavy (non-hydrogen) atoms. The van der Waals surface area contributed by atoms with E-state index < -0.39 is 0 Å². The fraction of sp³-hybridized carbons (Fsp3) is 0.0625. The maximum Gasteiger partial charge on any atom is 0.168 e. The Bertz CT molecular complexity index is 981. The van der Waals surface area contributed by atoms with Crippen LogP contribution in [0.3, 0.4) is 0 Å². The normalized spacial score (nSPS) is 10.9. The molecule has 0 amide bonds. The van der Waals surface area contributed by atoms with Crippen LogP contribution in [-0.2, 0) is 0 Å². The van der Waals surface area contributed by atoms with Crippen LogP contribution in [0.25, 0.3) is 11.0 Å². The number of nitrogens with one attached hydrogen (secondary N) is 2. The summed E-state index contributed by atoms with van der Waals surface area (Å²) < 4.78 is 0. The zero-order valence-electron chi connectivity index (χ0n) is 12.7. The molecular formula is C16H13ClN6S. The molecule has 0 bridgehead atoms. The summed E-state index contributed by atoms with van der Waals surface area (Å²) in [5.74, 6) is 1.44. The molecule has 2 N–H and O–H groups in total. The minimum Gasteiger partial charge on any atom is -0.339 e. The molecule has 3 aromatic heterocycles. The van der Waals surface area contributed by atoms with Crippen molar-refractivity contribution < 1.29 is 0 Å². The van der Waals surface area contributed by atoms with Crippen molar-refractivity contribution >= 4 is 56.3 Å². The smallest absolute Gasteiger partial charge is 0.168 e. The van der Waals surface area contributed by atoms with E-state index in [0.29, 0.717) is 16.5 Å². The Labute approximate surface area is 147 Å². The molecule has 6 nitrogen and oxygen atoms in total. The quantitative estimate of drug-likeness (QED) is 0.560. The minimum absolute atomic E-state index is 0.661. The van der Waals surface area contributed by atoms with Gasteiger partial charge in [-0.3, -0.25) is 5.10 Å². The zero-order valence-corrected chi connectivity index (χ0v) is 14.3. The van der Waals surface area contributed by atoms with Gasteiger partial charge in [-0.1, -0.05) is 17.7 Å². The maximum absolute atomic E-state index is 6.06. The van der Waals surface area contributed by atoms with Crippen LogP contribution < -0.4 is 10.2 Å². The highest BCUT2D eigenvalue weighted by atomic mass is 35.5. The lowest BCUT2D eigenvalue weighted by Crippen LogP contribution is -2.09. The number of thiophene rings is 1. The summed E-state index contributed by atoms with van der Waals surface area (Å²) in [4.78, 5) is 10.7. The van der Waals surface area contributed by atoms with Gasteiger partial charge in [-0.25, -0.2) is 9.97 Å². The van der Waals surface area contributed by atoms with Crippen molar-refractivity contribution in [3.05, 3.63) is 53.1 Å². The van der Waals surface area contributed by atoms with E-state index in [1.54, 1.807) is 11.3 Å². The van der Waals surface area contributed by atoms with Gasteiger partial charge < -0.3 is 10.2 Å². The summed E-state index contributed by atoms with van der Waals surface area (Å²) in [7, 11) is 1.97. The van der Waals surface area contributed by atoms with E-state index in [9.17, 15) is 0 Å². The first-order valence-electron chi connectivity index (χ1n) is 7.21. The first kappa shape index (κ1) is 14.9. The summed E-state index contributed by atoms with van der Waals surface area (Å²) in [6.07, 6.45) is 1.50. The molecular weight excluding hydrogens is 344 g/mol. The van der Waals surface area contributed by atoms with Crippen LogP contribution in [0, 0.1) is 0 Å². The second-order valence-electron chi connectivity index (χ2n) is 5.14. The van der Waals surface area contributed by atoms with Crippen molar-refractivity contribution in [2.75, 3.05) is 17.3 Å². The van der Waals surface area contributed by atoms with Crippen LogP contribution >= 0.6 is 22.9 Å². The Kier molecular flexibility index (Phi) is 3.79. The van der Waals surface area contributed by atoms with Crippen LogP contribution in [0.15, 0.2) is 48.1 Å². The van der Waals surface area contributed by atoms with Gasteiger partial charge in [0.15, 0.2) is 11.5 Å². The summed E-state index contributed by atoms with van der Waals surface area (Å²) >= 11 is 7.70. The lowest BCUT2D eigenvalue weighted by atomic mass is 10.3. The van der Waals surface area contributed by atoms with E-state index in [4.69, 9.17) is 11.6 Å². The van der Waals surface area contributed by atoms with E-state index in [0.717, 1.165) is 21.9 Å². The van der Waals surface area contributed by atoms with Crippen molar-refractivity contribution in [3.8, 4) is 0 Å². The van der Waals surface area contributed by atoms with Gasteiger partial charge in [0.25, 0.3) is 0 Å². The number of rotatable bonds is 4. The molecule has 0 spiro atoms. The molecule has 0 saturated carbocycles. The second kappa shape index (κ2) is 6.10. The average molecular weight is 357 g/mol. The monoisotopic (exact) mass is 356 g/mol. The van der Waals surface area contributed by atoms with Crippen molar-refractivity contribution in [3.63, 3.8) is 0 Å². The first-order valence-corrected chi connectivity index (χ1v) is 8.47. The second-order valence-corrected chi connectivity index (χ2v) is 6.50. The summed E-state index contributed by atoms with van der Waals surface area (Å²) in [5, 5.41) is 15.3. The van der Waals surface area contributed by atoms with Crippen molar-refractivity contribution in [1.29, 1.82) is 0 Å². The Hall–Kier alpha value is -2.64. The summed E-state index contributed by atoms with van der Waals surface area (Å²) in [6, 6.07) is 11.5. The van der Waals surface area contributed by atoms with Crippen molar-refractivity contribution in [2.45, 2.75) is 0 Å². The first-order chi connectivity index (χ1) is 11.7. The average Bonchev–Trinajstić information content (AvgIpc) is 3.25. The van der Waals surface area contributed by atoms with Crippen LogP contribution in [0.5, 0.6) is 0 Å². The number of anilines is 4. The lowest BCUT2D eigenvalue weighted by Gasteiger charge is -2.15. The fourth-order valence-electron chi connectivity index (χ4n) is 2.45. The van der Waals surface area contributed by atoms with Crippen molar-refractivity contribution in [2.24, 2.45) is 0 Å². The van der Waals surface area contributed by atoms with Gasteiger partial charge in [0.2, 0.25) is 0 Å². The van der Waals surface area contributed by atoms with Gasteiger partial charge in [-0.05, 0) is 35.7 Å². The zero-order chi connectivity index (χ0) is 16.5. The third-order valence-electron chi connectivity index (χ3n) is 3.58. The van der Waals surface area contributed by atoms with Crippen LogP contribution in [0.2, 0.25) is 5.02 Å². The molecule has 0 aliphatic carbocycles. The van der Waals surface area contributed by atoms with Gasteiger partial charge in [0, 0.05) is 17.8 Å². The molecule has 8 heteroatoms. The summed E-state index contributed by atoms with van der Waals surface area (Å²) in [5.41, 5.74) is 1.53. The number of halogens is 1. The number of H-pyrrole nitrogens is 1. The molecule has 3 heterocycles. The molecule has 4 rings (SSSR count). The number of aromatic nitrogens is 4. The molecule has 0 atom stereocenters. The van der Waals surface area contributed by atoms with Crippen LogP contribution in [-0.4, -0.2) is 27.2 Å². The number of hydrogen-bond acceptors (Lipinski definition) is 6. The van der Waals surface area contributed by atoms with Gasteiger partial charge in [-0.2, -0.15) is 5.10 Å². The summed E-state index contributed by atoms with van der Waals surface area (Å²) in [6.45, 7) is 0. The molecule has 1 aromatic carbocycles. The molecule has 0 fully saturated rings. The lowest BCUT2D eigenvalue weighted by molar-refractivity contribution is 1.05. The minimum atomic E-state index is 0.661. The van der Waals surface area contributed by atoms with E-state index in [1.807, 2.05) is 53.7 Å². The van der Waals surface area contributed by atoms with Gasteiger partial charge >= 0.3 is 0 Å². The standard InChI is InChI=1S/C16H13ClN6S/c1-23(12-6-3-7-24-12)16-13-14(18-9-19-15(13)21-22-16)20-11-5-2-4-10(17)8-11/h2-9H,1H3,(H2,18,19,20,21,22). The van der Waals surface area contributed by atoms with Gasteiger partial charge in [0.05, 0.1) is 5.00 Å². The van der Waals surface area contributed by atoms with E-state index in [2.05, 4.69) is 25.5 Å².